The Morgan fingerprint density at radius 2 is 2.29 bits per heavy atom. The molecule has 4 heteroatoms. The van der Waals surface area contributed by atoms with E-state index in [0.29, 0.717) is 29.5 Å². The van der Waals surface area contributed by atoms with Gasteiger partial charge in [0.1, 0.15) is 0 Å². The average molecular weight is 229 g/mol. The maximum atomic E-state index is 8.88. The molecule has 0 aromatic heterocycles. The molecule has 2 saturated heterocycles. The third-order valence-corrected chi connectivity index (χ3v) is 3.63. The first-order valence-electron chi connectivity index (χ1n) is 5.98. The van der Waals surface area contributed by atoms with Crippen molar-refractivity contribution in [3.05, 3.63) is 23.8 Å². The number of anilines is 2. The van der Waals surface area contributed by atoms with Crippen LogP contribution in [0.1, 0.15) is 24.8 Å². The monoisotopic (exact) mass is 229 g/mol. The highest BCUT2D eigenvalue weighted by Crippen LogP contribution is 2.36. The first-order chi connectivity index (χ1) is 8.26. The molecule has 2 bridgehead atoms. The van der Waals surface area contributed by atoms with Crippen LogP contribution in [0, 0.1) is 11.3 Å². The molecule has 0 aliphatic carbocycles. The van der Waals surface area contributed by atoms with Gasteiger partial charge in [-0.1, -0.05) is 0 Å². The van der Waals surface area contributed by atoms with Crippen molar-refractivity contribution in [3.63, 3.8) is 0 Å². The molecule has 3 N–H and O–H groups in total. The molecule has 17 heavy (non-hydrogen) atoms. The van der Waals surface area contributed by atoms with E-state index in [9.17, 15) is 0 Å². The van der Waals surface area contributed by atoms with E-state index in [2.05, 4.69) is 11.4 Å². The SMILES string of the molecule is N#Cc1ccc(N)c(NC2CC3CCC2O3)c1. The number of benzene rings is 1. The van der Waals surface area contributed by atoms with Crippen LogP contribution in [0.3, 0.4) is 0 Å². The number of nitrogen functional groups attached to an aromatic ring is 1. The molecule has 0 radical (unpaired) electrons. The first-order valence-corrected chi connectivity index (χ1v) is 5.98. The number of nitrogens with two attached hydrogens (primary N) is 1. The molecule has 0 amide bonds. The van der Waals surface area contributed by atoms with Crippen LogP contribution in [0.5, 0.6) is 0 Å². The van der Waals surface area contributed by atoms with Gasteiger partial charge in [0, 0.05) is 0 Å². The molecule has 1 aromatic carbocycles. The van der Waals surface area contributed by atoms with Gasteiger partial charge in [0.2, 0.25) is 0 Å². The van der Waals surface area contributed by atoms with Crippen molar-refractivity contribution in [3.8, 4) is 6.07 Å². The zero-order chi connectivity index (χ0) is 11.8. The second kappa shape index (κ2) is 3.94. The maximum Gasteiger partial charge on any atom is 0.0992 e. The van der Waals surface area contributed by atoms with Gasteiger partial charge in [-0.15, -0.1) is 0 Å². The van der Waals surface area contributed by atoms with E-state index in [1.165, 1.54) is 6.42 Å². The lowest BCUT2D eigenvalue weighted by atomic mass is 9.95. The Morgan fingerprint density at radius 1 is 1.41 bits per heavy atom. The molecule has 2 fully saturated rings. The van der Waals surface area contributed by atoms with Crippen LogP contribution in [0.4, 0.5) is 11.4 Å². The van der Waals surface area contributed by atoms with E-state index in [1.54, 1.807) is 18.2 Å². The molecule has 2 aliphatic rings. The summed E-state index contributed by atoms with van der Waals surface area (Å²) in [6.45, 7) is 0. The van der Waals surface area contributed by atoms with Crippen LogP contribution in [0.2, 0.25) is 0 Å². The fourth-order valence-electron chi connectivity index (χ4n) is 2.74. The van der Waals surface area contributed by atoms with Crippen LogP contribution in [0.25, 0.3) is 0 Å². The third kappa shape index (κ3) is 1.83. The number of hydrogen-bond acceptors (Lipinski definition) is 4. The van der Waals surface area contributed by atoms with Crippen molar-refractivity contribution >= 4 is 11.4 Å². The summed E-state index contributed by atoms with van der Waals surface area (Å²) in [7, 11) is 0. The van der Waals surface area contributed by atoms with Crippen molar-refractivity contribution in [2.75, 3.05) is 11.1 Å². The quantitative estimate of drug-likeness (QED) is 0.759. The van der Waals surface area contributed by atoms with Crippen molar-refractivity contribution in [1.82, 2.24) is 0 Å². The Morgan fingerprint density at radius 3 is 2.94 bits per heavy atom. The molecule has 1 aromatic rings. The highest BCUT2D eigenvalue weighted by atomic mass is 16.5. The zero-order valence-electron chi connectivity index (χ0n) is 9.52. The van der Waals surface area contributed by atoms with E-state index in [-0.39, 0.29) is 0 Å². The summed E-state index contributed by atoms with van der Waals surface area (Å²) in [5.41, 5.74) is 8.08. The van der Waals surface area contributed by atoms with Gasteiger partial charge in [-0.3, -0.25) is 0 Å². The van der Waals surface area contributed by atoms with Crippen LogP contribution < -0.4 is 11.1 Å². The largest absolute Gasteiger partial charge is 0.397 e. The van der Waals surface area contributed by atoms with Crippen molar-refractivity contribution in [2.45, 2.75) is 37.5 Å². The molecule has 0 spiro atoms. The molecule has 2 aliphatic heterocycles. The fraction of sp³-hybridized carbons (Fsp3) is 0.462. The van der Waals surface area contributed by atoms with Gasteiger partial charge in [-0.2, -0.15) is 5.26 Å². The lowest BCUT2D eigenvalue weighted by Crippen LogP contribution is -2.30. The number of rotatable bonds is 2. The predicted molar refractivity (Wildman–Crippen MR) is 65.5 cm³/mol. The van der Waals surface area contributed by atoms with Crippen molar-refractivity contribution in [2.24, 2.45) is 0 Å². The molecule has 3 rings (SSSR count). The summed E-state index contributed by atoms with van der Waals surface area (Å²) in [6.07, 6.45) is 4.07. The lowest BCUT2D eigenvalue weighted by molar-refractivity contribution is 0.102. The molecular formula is C13H15N3O. The Labute approximate surface area is 100 Å². The smallest absolute Gasteiger partial charge is 0.0992 e. The van der Waals surface area contributed by atoms with Crippen LogP contribution >= 0.6 is 0 Å². The highest BCUT2D eigenvalue weighted by Gasteiger charge is 2.40. The van der Waals surface area contributed by atoms with Gasteiger partial charge in [-0.05, 0) is 37.5 Å². The van der Waals surface area contributed by atoms with E-state index in [1.807, 2.05) is 0 Å². The third-order valence-electron chi connectivity index (χ3n) is 3.63. The molecular weight excluding hydrogens is 214 g/mol. The summed E-state index contributed by atoms with van der Waals surface area (Å²) in [5, 5.41) is 12.3. The average Bonchev–Trinajstić information content (AvgIpc) is 2.94. The van der Waals surface area contributed by atoms with E-state index >= 15 is 0 Å². The summed E-state index contributed by atoms with van der Waals surface area (Å²) in [6, 6.07) is 7.78. The van der Waals surface area contributed by atoms with Crippen molar-refractivity contribution < 1.29 is 4.74 Å². The van der Waals surface area contributed by atoms with E-state index < -0.39 is 0 Å². The molecule has 3 unspecified atom stereocenters. The summed E-state index contributed by atoms with van der Waals surface area (Å²) < 4.78 is 5.79. The number of nitrogens with one attached hydrogen (secondary N) is 1. The van der Waals surface area contributed by atoms with Crippen LogP contribution in [-0.4, -0.2) is 18.2 Å². The van der Waals surface area contributed by atoms with Gasteiger partial charge in [0.15, 0.2) is 0 Å². The van der Waals surface area contributed by atoms with Gasteiger partial charge < -0.3 is 15.8 Å². The summed E-state index contributed by atoms with van der Waals surface area (Å²) in [5.74, 6) is 0. The summed E-state index contributed by atoms with van der Waals surface area (Å²) >= 11 is 0. The minimum Gasteiger partial charge on any atom is -0.397 e. The molecule has 2 heterocycles. The Hall–Kier alpha value is -1.73. The molecule has 0 saturated carbocycles. The van der Waals surface area contributed by atoms with Crippen LogP contribution in [0.15, 0.2) is 18.2 Å². The minimum atomic E-state index is 0.310. The Bertz CT molecular complexity index is 480. The topological polar surface area (TPSA) is 71.1 Å². The number of fused-ring (bicyclic) bond motifs is 2. The Kier molecular flexibility index (Phi) is 2.41. The van der Waals surface area contributed by atoms with Gasteiger partial charge >= 0.3 is 0 Å². The van der Waals surface area contributed by atoms with Gasteiger partial charge in [0.25, 0.3) is 0 Å². The fourth-order valence-corrected chi connectivity index (χ4v) is 2.74. The molecule has 88 valence electrons. The normalized spacial score (nSPS) is 30.2. The minimum absolute atomic E-state index is 0.310. The second-order valence-corrected chi connectivity index (χ2v) is 4.77. The number of ether oxygens (including phenoxy) is 1. The predicted octanol–water partition coefficient (Wildman–Crippen LogP) is 1.87. The summed E-state index contributed by atoms with van der Waals surface area (Å²) in [4.78, 5) is 0. The lowest BCUT2D eigenvalue weighted by Gasteiger charge is -2.22. The van der Waals surface area contributed by atoms with Crippen LogP contribution in [-0.2, 0) is 4.74 Å². The van der Waals surface area contributed by atoms with Gasteiger partial charge in [-0.25, -0.2) is 0 Å². The number of hydrogen-bond donors (Lipinski definition) is 2. The maximum absolute atomic E-state index is 8.88. The zero-order valence-corrected chi connectivity index (χ0v) is 9.52. The van der Waals surface area contributed by atoms with Crippen molar-refractivity contribution in [1.29, 1.82) is 5.26 Å². The van der Waals surface area contributed by atoms with E-state index in [4.69, 9.17) is 15.7 Å². The highest BCUT2D eigenvalue weighted by molar-refractivity contribution is 5.68. The van der Waals surface area contributed by atoms with Gasteiger partial charge in [0.05, 0.1) is 41.3 Å². The van der Waals surface area contributed by atoms with E-state index in [0.717, 1.165) is 18.5 Å². The standard InChI is InChI=1S/C13H15N3O/c14-7-8-1-3-10(15)11(5-8)16-12-6-9-2-4-13(12)17-9/h1,3,5,9,12-13,16H,2,4,6,15H2. The number of nitrogens with zero attached hydrogens (tertiary/aromatic N) is 1. The molecule has 3 atom stereocenters. The molecule has 4 nitrogen and oxygen atoms in total. The first kappa shape index (κ1) is 10.4. The Balaban J connectivity index is 1.79. The number of nitriles is 1. The second-order valence-electron chi connectivity index (χ2n) is 4.77.